The maximum absolute atomic E-state index is 11.2. The Balaban J connectivity index is 2.17. The fourth-order valence-electron chi connectivity index (χ4n) is 2.81. The van der Waals surface area contributed by atoms with Gasteiger partial charge in [-0.1, -0.05) is 19.9 Å². The highest BCUT2D eigenvalue weighted by molar-refractivity contribution is 7.17. The molecule has 118 valence electrons. The number of benzene rings is 1. The van der Waals surface area contributed by atoms with Gasteiger partial charge in [-0.25, -0.2) is 4.79 Å². The van der Waals surface area contributed by atoms with Crippen molar-refractivity contribution in [2.45, 2.75) is 26.7 Å². The van der Waals surface area contributed by atoms with Crippen LogP contribution in [0.15, 0.2) is 41.8 Å². The molecule has 0 aliphatic carbocycles. The molecule has 0 aliphatic rings. The number of rotatable bonds is 5. The van der Waals surface area contributed by atoms with Crippen molar-refractivity contribution >= 4 is 28.6 Å². The largest absolute Gasteiger partial charge is 0.477 e. The lowest BCUT2D eigenvalue weighted by Crippen LogP contribution is -1.95. The Hall–Kier alpha value is -1.91. The van der Waals surface area contributed by atoms with Crippen LogP contribution in [0.4, 0.5) is 0 Å². The van der Waals surface area contributed by atoms with Gasteiger partial charge in [0.2, 0.25) is 0 Å². The van der Waals surface area contributed by atoms with Crippen LogP contribution in [0.25, 0.3) is 20.9 Å². The normalized spacial score (nSPS) is 10.9. The first-order valence-electron chi connectivity index (χ1n) is 7.67. The summed E-state index contributed by atoms with van der Waals surface area (Å²) in [7, 11) is 0. The second-order valence-corrected chi connectivity index (χ2v) is 7.35. The van der Waals surface area contributed by atoms with Crippen LogP contribution in [-0.2, 0) is 12.8 Å². The van der Waals surface area contributed by atoms with Crippen molar-refractivity contribution in [3.05, 3.63) is 57.8 Å². The van der Waals surface area contributed by atoms with Gasteiger partial charge in [0.05, 0.1) is 0 Å². The van der Waals surface area contributed by atoms with E-state index in [9.17, 15) is 9.90 Å². The van der Waals surface area contributed by atoms with E-state index in [4.69, 9.17) is 0 Å². The first-order chi connectivity index (χ1) is 11.1. The molecule has 2 heterocycles. The highest BCUT2D eigenvalue weighted by Gasteiger charge is 2.16. The Bertz CT molecular complexity index is 804. The number of carboxylic acid groups (broad SMARTS) is 1. The molecule has 23 heavy (non-hydrogen) atoms. The SMILES string of the molecule is CCc1cc(-c2cccs2)cc(CC)c1-c1ccc(C(=O)O)s1. The van der Waals surface area contributed by atoms with Gasteiger partial charge in [-0.2, -0.15) is 0 Å². The van der Waals surface area contributed by atoms with Crippen molar-refractivity contribution in [1.29, 1.82) is 0 Å². The molecule has 0 saturated carbocycles. The lowest BCUT2D eigenvalue weighted by atomic mass is 9.93. The van der Waals surface area contributed by atoms with Crippen LogP contribution in [0, 0.1) is 0 Å². The molecule has 0 unspecified atom stereocenters. The Kier molecular flexibility index (Phi) is 4.64. The highest BCUT2D eigenvalue weighted by atomic mass is 32.1. The Morgan fingerprint density at radius 1 is 1.04 bits per heavy atom. The smallest absolute Gasteiger partial charge is 0.345 e. The summed E-state index contributed by atoms with van der Waals surface area (Å²) in [5.41, 5.74) is 5.04. The number of thiophene rings is 2. The summed E-state index contributed by atoms with van der Waals surface area (Å²) in [5.74, 6) is -0.854. The number of hydrogen-bond acceptors (Lipinski definition) is 3. The van der Waals surface area contributed by atoms with Crippen LogP contribution in [-0.4, -0.2) is 11.1 Å². The van der Waals surface area contributed by atoms with Gasteiger partial charge in [0, 0.05) is 9.75 Å². The molecule has 0 radical (unpaired) electrons. The zero-order valence-corrected chi connectivity index (χ0v) is 14.8. The summed E-state index contributed by atoms with van der Waals surface area (Å²) in [6.45, 7) is 4.31. The van der Waals surface area contributed by atoms with Crippen LogP contribution >= 0.6 is 22.7 Å². The van der Waals surface area contributed by atoms with Gasteiger partial charge in [-0.15, -0.1) is 22.7 Å². The van der Waals surface area contributed by atoms with Gasteiger partial charge < -0.3 is 5.11 Å². The molecule has 1 aromatic carbocycles. The molecule has 0 bridgehead atoms. The molecule has 2 aromatic heterocycles. The Morgan fingerprint density at radius 3 is 2.22 bits per heavy atom. The van der Waals surface area contributed by atoms with Gasteiger partial charge in [0.25, 0.3) is 0 Å². The van der Waals surface area contributed by atoms with Gasteiger partial charge in [-0.05, 0) is 70.8 Å². The van der Waals surface area contributed by atoms with E-state index in [0.29, 0.717) is 4.88 Å². The molecule has 0 spiro atoms. The third-order valence-corrected chi connectivity index (χ3v) is 5.94. The zero-order valence-electron chi connectivity index (χ0n) is 13.1. The minimum absolute atomic E-state index is 0.395. The average molecular weight is 342 g/mol. The molecule has 4 heteroatoms. The van der Waals surface area contributed by atoms with E-state index in [-0.39, 0.29) is 0 Å². The lowest BCUT2D eigenvalue weighted by molar-refractivity contribution is 0.0702. The summed E-state index contributed by atoms with van der Waals surface area (Å²) in [5, 5.41) is 11.3. The van der Waals surface area contributed by atoms with Gasteiger partial charge in [-0.3, -0.25) is 0 Å². The predicted octanol–water partition coefficient (Wildman–Crippen LogP) is 5.97. The quantitative estimate of drug-likeness (QED) is 0.620. The Morgan fingerprint density at radius 2 is 1.74 bits per heavy atom. The third-order valence-electron chi connectivity index (χ3n) is 3.93. The minimum Gasteiger partial charge on any atom is -0.477 e. The molecule has 3 aromatic rings. The molecule has 3 rings (SSSR count). The maximum atomic E-state index is 11.2. The fraction of sp³-hybridized carbons (Fsp3) is 0.211. The number of carbonyl (C=O) groups is 1. The summed E-state index contributed by atoms with van der Waals surface area (Å²) < 4.78 is 0. The molecule has 1 N–H and O–H groups in total. The van der Waals surface area contributed by atoms with Crippen LogP contribution in [0.2, 0.25) is 0 Å². The molecule has 2 nitrogen and oxygen atoms in total. The molecular formula is C19H18O2S2. The third kappa shape index (κ3) is 3.09. The number of hydrogen-bond donors (Lipinski definition) is 1. The Labute approximate surface area is 144 Å². The maximum Gasteiger partial charge on any atom is 0.345 e. The summed E-state index contributed by atoms with van der Waals surface area (Å²) in [6, 6.07) is 12.4. The van der Waals surface area contributed by atoms with Gasteiger partial charge in [0.15, 0.2) is 0 Å². The molecule has 0 atom stereocenters. The highest BCUT2D eigenvalue weighted by Crippen LogP contribution is 2.38. The van der Waals surface area contributed by atoms with E-state index < -0.39 is 5.97 Å². The minimum atomic E-state index is -0.854. The topological polar surface area (TPSA) is 37.3 Å². The first-order valence-corrected chi connectivity index (χ1v) is 9.36. The van der Waals surface area contributed by atoms with Crippen LogP contribution in [0.5, 0.6) is 0 Å². The van der Waals surface area contributed by atoms with E-state index >= 15 is 0 Å². The van der Waals surface area contributed by atoms with Crippen molar-refractivity contribution in [2.75, 3.05) is 0 Å². The summed E-state index contributed by atoms with van der Waals surface area (Å²) in [6.07, 6.45) is 1.86. The van der Waals surface area contributed by atoms with E-state index in [1.165, 1.54) is 38.5 Å². The van der Waals surface area contributed by atoms with Crippen LogP contribution < -0.4 is 0 Å². The van der Waals surface area contributed by atoms with Crippen molar-refractivity contribution in [3.8, 4) is 20.9 Å². The molecular weight excluding hydrogens is 324 g/mol. The summed E-state index contributed by atoms with van der Waals surface area (Å²) >= 11 is 3.11. The molecule has 0 saturated heterocycles. The van der Waals surface area contributed by atoms with E-state index in [2.05, 4.69) is 43.5 Å². The van der Waals surface area contributed by atoms with Crippen molar-refractivity contribution in [3.63, 3.8) is 0 Å². The first kappa shape index (κ1) is 16.0. The lowest BCUT2D eigenvalue weighted by Gasteiger charge is -2.14. The molecule has 0 amide bonds. The molecule has 0 fully saturated rings. The predicted molar refractivity (Wildman–Crippen MR) is 98.8 cm³/mol. The van der Waals surface area contributed by atoms with Crippen LogP contribution in [0.3, 0.4) is 0 Å². The standard InChI is InChI=1S/C19H18O2S2/c1-3-12-10-14(15-6-5-9-22-15)11-13(4-2)18(12)16-7-8-17(23-16)19(20)21/h5-11H,3-4H2,1-2H3,(H,20,21). The van der Waals surface area contributed by atoms with Crippen molar-refractivity contribution in [1.82, 2.24) is 0 Å². The second kappa shape index (κ2) is 6.69. The number of aromatic carboxylic acids is 1. The van der Waals surface area contributed by atoms with Gasteiger partial charge >= 0.3 is 5.97 Å². The van der Waals surface area contributed by atoms with Crippen molar-refractivity contribution in [2.24, 2.45) is 0 Å². The summed E-state index contributed by atoms with van der Waals surface area (Å²) in [4.78, 5) is 13.9. The number of aryl methyl sites for hydroxylation is 2. The number of carboxylic acids is 1. The van der Waals surface area contributed by atoms with Crippen molar-refractivity contribution < 1.29 is 9.90 Å². The zero-order chi connectivity index (χ0) is 16.4. The second-order valence-electron chi connectivity index (χ2n) is 5.32. The van der Waals surface area contributed by atoms with Crippen LogP contribution in [0.1, 0.15) is 34.6 Å². The van der Waals surface area contributed by atoms with Gasteiger partial charge in [0.1, 0.15) is 4.88 Å². The van der Waals surface area contributed by atoms with E-state index in [1.807, 2.05) is 6.07 Å². The monoisotopic (exact) mass is 342 g/mol. The molecule has 0 aliphatic heterocycles. The fourth-order valence-corrected chi connectivity index (χ4v) is 4.49. The average Bonchev–Trinajstić information content (AvgIpc) is 3.24. The van der Waals surface area contributed by atoms with E-state index in [1.54, 1.807) is 17.4 Å². The van der Waals surface area contributed by atoms with E-state index in [0.717, 1.165) is 17.7 Å².